The average molecular weight is 399 g/mol. The summed E-state index contributed by atoms with van der Waals surface area (Å²) in [5, 5.41) is 37.9. The highest BCUT2D eigenvalue weighted by molar-refractivity contribution is 5.94. The number of azo groups is 1. The van der Waals surface area contributed by atoms with Crippen LogP contribution in [0.15, 0.2) is 44.1 Å². The number of fused-ring (bicyclic) bond motifs is 2. The Bertz CT molecular complexity index is 1360. The van der Waals surface area contributed by atoms with Crippen LogP contribution in [0.1, 0.15) is 0 Å². The number of para-hydroxylation sites is 1. The van der Waals surface area contributed by atoms with E-state index in [2.05, 4.69) is 25.2 Å². The molecule has 0 aliphatic carbocycles. The normalized spacial score (nSPS) is 13.1. The quantitative estimate of drug-likeness (QED) is 0.303. The van der Waals surface area contributed by atoms with Crippen molar-refractivity contribution >= 4 is 33.7 Å². The summed E-state index contributed by atoms with van der Waals surface area (Å²) in [7, 11) is 1.42. The van der Waals surface area contributed by atoms with E-state index in [9.17, 15) is 24.9 Å². The molecule has 5 N–H and O–H groups in total. The van der Waals surface area contributed by atoms with Gasteiger partial charge in [-0.25, -0.2) is 4.79 Å². The van der Waals surface area contributed by atoms with Crippen LogP contribution in [-0.2, 0) is 13.6 Å². The Morgan fingerprint density at radius 1 is 1.21 bits per heavy atom. The molecule has 4 rings (SSSR count). The Balaban J connectivity index is 1.91. The third kappa shape index (κ3) is 3.09. The van der Waals surface area contributed by atoms with Gasteiger partial charge in [0.2, 0.25) is 5.88 Å². The SMILES string of the molecule is Cn1c(=O)[nH]c(=O)c2c1nc(N=Nc1c(O)[nH]c3ccccc13)n2CC(O)CO. The number of aliphatic hydroxyl groups is 2. The molecule has 12 heteroatoms. The van der Waals surface area contributed by atoms with Crippen LogP contribution in [0.25, 0.3) is 22.1 Å². The average Bonchev–Trinajstić information content (AvgIpc) is 3.21. The molecule has 1 unspecified atom stereocenters. The molecule has 0 saturated heterocycles. The van der Waals surface area contributed by atoms with Crippen LogP contribution in [0.5, 0.6) is 5.88 Å². The highest BCUT2D eigenvalue weighted by Crippen LogP contribution is 2.36. The zero-order valence-electron chi connectivity index (χ0n) is 15.2. The summed E-state index contributed by atoms with van der Waals surface area (Å²) in [6, 6.07) is 7.07. The zero-order chi connectivity index (χ0) is 20.7. The molecule has 150 valence electrons. The fraction of sp³-hybridized carbons (Fsp3) is 0.235. The predicted octanol–water partition coefficient (Wildman–Crippen LogP) is 0.379. The van der Waals surface area contributed by atoms with Gasteiger partial charge in [-0.1, -0.05) is 18.2 Å². The molecule has 0 saturated carbocycles. The lowest BCUT2D eigenvalue weighted by Crippen LogP contribution is -2.30. The number of H-pyrrole nitrogens is 2. The van der Waals surface area contributed by atoms with Crippen LogP contribution in [0.2, 0.25) is 0 Å². The van der Waals surface area contributed by atoms with Crippen molar-refractivity contribution in [2.24, 2.45) is 17.3 Å². The fourth-order valence-electron chi connectivity index (χ4n) is 3.05. The number of aryl methyl sites for hydroxylation is 1. The second-order valence-corrected chi connectivity index (χ2v) is 6.42. The lowest BCUT2D eigenvalue weighted by Gasteiger charge is -2.09. The maximum absolute atomic E-state index is 12.3. The number of rotatable bonds is 5. The smallest absolute Gasteiger partial charge is 0.329 e. The summed E-state index contributed by atoms with van der Waals surface area (Å²) in [6.07, 6.45) is -1.19. The first-order chi connectivity index (χ1) is 13.9. The van der Waals surface area contributed by atoms with Crippen molar-refractivity contribution < 1.29 is 15.3 Å². The molecule has 0 amide bonds. The first-order valence-corrected chi connectivity index (χ1v) is 8.60. The molecule has 1 atom stereocenters. The Morgan fingerprint density at radius 3 is 2.72 bits per heavy atom. The molecular formula is C17H17N7O5. The van der Waals surface area contributed by atoms with Gasteiger partial charge in [-0.15, -0.1) is 10.2 Å². The van der Waals surface area contributed by atoms with Crippen LogP contribution >= 0.6 is 0 Å². The van der Waals surface area contributed by atoms with Crippen molar-refractivity contribution in [1.29, 1.82) is 0 Å². The van der Waals surface area contributed by atoms with Gasteiger partial charge in [-0.05, 0) is 6.07 Å². The molecular weight excluding hydrogens is 382 g/mol. The number of hydrogen-bond acceptors (Lipinski definition) is 8. The number of benzene rings is 1. The number of aromatic hydroxyl groups is 1. The summed E-state index contributed by atoms with van der Waals surface area (Å²) in [5.74, 6) is -0.276. The van der Waals surface area contributed by atoms with Gasteiger partial charge in [0.15, 0.2) is 16.9 Å². The molecule has 29 heavy (non-hydrogen) atoms. The fourth-order valence-corrected chi connectivity index (χ4v) is 3.05. The van der Waals surface area contributed by atoms with Crippen LogP contribution in [0, 0.1) is 0 Å². The number of imidazole rings is 1. The third-order valence-electron chi connectivity index (χ3n) is 4.49. The summed E-state index contributed by atoms with van der Waals surface area (Å²) >= 11 is 0. The van der Waals surface area contributed by atoms with Gasteiger partial charge >= 0.3 is 5.69 Å². The number of aromatic nitrogens is 5. The van der Waals surface area contributed by atoms with Gasteiger partial charge in [-0.2, -0.15) is 4.98 Å². The molecule has 0 fully saturated rings. The maximum atomic E-state index is 12.3. The Morgan fingerprint density at radius 2 is 1.97 bits per heavy atom. The van der Waals surface area contributed by atoms with Crippen molar-refractivity contribution in [2.45, 2.75) is 12.6 Å². The van der Waals surface area contributed by atoms with E-state index in [1.807, 2.05) is 0 Å². The minimum atomic E-state index is -1.19. The second kappa shape index (κ2) is 7.00. The Labute approximate surface area is 161 Å². The third-order valence-corrected chi connectivity index (χ3v) is 4.49. The zero-order valence-corrected chi connectivity index (χ0v) is 15.2. The van der Waals surface area contributed by atoms with Crippen molar-refractivity contribution in [3.63, 3.8) is 0 Å². The molecule has 3 heterocycles. The lowest BCUT2D eigenvalue weighted by atomic mass is 10.2. The number of nitrogens with zero attached hydrogens (tertiary/aromatic N) is 5. The van der Waals surface area contributed by atoms with Crippen molar-refractivity contribution in [2.75, 3.05) is 6.61 Å². The van der Waals surface area contributed by atoms with Crippen molar-refractivity contribution in [1.82, 2.24) is 24.1 Å². The molecule has 0 aliphatic heterocycles. The van der Waals surface area contributed by atoms with Gasteiger partial charge in [0.25, 0.3) is 11.5 Å². The van der Waals surface area contributed by atoms with E-state index in [0.29, 0.717) is 10.9 Å². The van der Waals surface area contributed by atoms with Crippen LogP contribution in [-0.4, -0.2) is 52.1 Å². The minimum absolute atomic E-state index is 0.00306. The molecule has 1 aromatic carbocycles. The lowest BCUT2D eigenvalue weighted by molar-refractivity contribution is 0.0824. The Hall–Kier alpha value is -3.77. The first-order valence-electron chi connectivity index (χ1n) is 8.60. The van der Waals surface area contributed by atoms with Gasteiger partial charge in [0, 0.05) is 12.4 Å². The van der Waals surface area contributed by atoms with E-state index < -0.39 is 24.0 Å². The van der Waals surface area contributed by atoms with E-state index in [-0.39, 0.29) is 35.2 Å². The highest BCUT2D eigenvalue weighted by atomic mass is 16.3. The summed E-state index contributed by atoms with van der Waals surface area (Å²) in [5.41, 5.74) is -0.505. The van der Waals surface area contributed by atoms with Crippen molar-refractivity contribution in [3.8, 4) is 5.88 Å². The highest BCUT2D eigenvalue weighted by Gasteiger charge is 2.20. The van der Waals surface area contributed by atoms with E-state index in [0.717, 1.165) is 4.57 Å². The molecule has 0 aliphatic rings. The Kier molecular flexibility index (Phi) is 4.48. The van der Waals surface area contributed by atoms with Crippen LogP contribution in [0.4, 0.5) is 11.6 Å². The van der Waals surface area contributed by atoms with E-state index in [4.69, 9.17) is 0 Å². The summed E-state index contributed by atoms with van der Waals surface area (Å²) < 4.78 is 2.38. The summed E-state index contributed by atoms with van der Waals surface area (Å²) in [6.45, 7) is -0.758. The number of nitrogens with one attached hydrogen (secondary N) is 2. The van der Waals surface area contributed by atoms with E-state index >= 15 is 0 Å². The van der Waals surface area contributed by atoms with Gasteiger partial charge in [0.05, 0.1) is 24.8 Å². The number of aliphatic hydroxyl groups excluding tert-OH is 2. The van der Waals surface area contributed by atoms with E-state index in [1.165, 1.54) is 11.6 Å². The molecule has 0 radical (unpaired) electrons. The standard InChI is InChI=1S/C17H17N7O5/c1-23-13-12(15(28)20-17(23)29)24(6-8(26)7-25)16(19-13)22-21-11-9-4-2-3-5-10(9)18-14(11)27/h2-5,8,18,25-27H,6-7H2,1H3,(H,20,28,29). The summed E-state index contributed by atoms with van der Waals surface area (Å²) in [4.78, 5) is 33.3. The minimum Gasteiger partial charge on any atom is -0.493 e. The first kappa shape index (κ1) is 18.6. The topological polar surface area (TPSA) is 174 Å². The number of aromatic amines is 2. The maximum Gasteiger partial charge on any atom is 0.329 e. The number of hydrogen-bond donors (Lipinski definition) is 5. The van der Waals surface area contributed by atoms with Gasteiger partial charge in [-0.3, -0.25) is 18.9 Å². The van der Waals surface area contributed by atoms with Crippen molar-refractivity contribution in [3.05, 3.63) is 45.1 Å². The van der Waals surface area contributed by atoms with Crippen LogP contribution < -0.4 is 11.2 Å². The predicted molar refractivity (Wildman–Crippen MR) is 103 cm³/mol. The van der Waals surface area contributed by atoms with Crippen LogP contribution in [0.3, 0.4) is 0 Å². The monoisotopic (exact) mass is 399 g/mol. The molecule has 12 nitrogen and oxygen atoms in total. The van der Waals surface area contributed by atoms with Gasteiger partial charge in [0.1, 0.15) is 0 Å². The second-order valence-electron chi connectivity index (χ2n) is 6.42. The van der Waals surface area contributed by atoms with E-state index in [1.54, 1.807) is 24.3 Å². The molecule has 0 bridgehead atoms. The molecule has 3 aromatic heterocycles. The molecule has 0 spiro atoms. The molecule has 4 aromatic rings. The largest absolute Gasteiger partial charge is 0.493 e. The van der Waals surface area contributed by atoms with Gasteiger partial charge < -0.3 is 20.3 Å².